The molecule has 15 heteroatoms. The predicted molar refractivity (Wildman–Crippen MR) is 430 cm³/mol. The molecule has 1 N–H and O–H groups in total. The summed E-state index contributed by atoms with van der Waals surface area (Å²) < 4.78 is 39.8. The molecule has 0 spiro atoms. The van der Waals surface area contributed by atoms with Gasteiger partial charge < -0.3 is 33.5 Å². The molecule has 4 fully saturated rings. The quantitative estimate of drug-likeness (QED) is 0.0443. The Bertz CT molecular complexity index is 3530. The van der Waals surface area contributed by atoms with E-state index in [1.807, 2.05) is 54.6 Å². The third-order valence-electron chi connectivity index (χ3n) is 23.0. The highest BCUT2D eigenvalue weighted by Gasteiger charge is 2.47. The SMILES string of the molecule is CC(ON1C(C)(C)CCCC1(C)C)c1ccc(COc2cc(COc3cc(CO)cc(OCc4cc(OCc5ccc(C(C)ON6C(C)(C)CCCC6(C)C)cc5)cc(OCc5ccc(C(C)ON6C(C)(C)CCCC6(C)C)cc5)c4)c3)cc(OCc3ccc(C(C)ON4C(C)(C)CCCC4(C)C)cc3)c2)cc1. The van der Waals surface area contributed by atoms with Gasteiger partial charge in [0.25, 0.3) is 0 Å². The van der Waals surface area contributed by atoms with Gasteiger partial charge >= 0.3 is 0 Å². The van der Waals surface area contributed by atoms with E-state index in [1.54, 1.807) is 0 Å². The lowest BCUT2D eigenvalue weighted by atomic mass is 9.82. The van der Waals surface area contributed by atoms with Crippen LogP contribution < -0.4 is 28.4 Å². The lowest BCUT2D eigenvalue weighted by Crippen LogP contribution is -2.58. The van der Waals surface area contributed by atoms with Gasteiger partial charge in [-0.05, 0) is 313 Å². The molecule has 108 heavy (non-hydrogen) atoms. The molecule has 15 nitrogen and oxygen atoms in total. The molecule has 0 radical (unpaired) electrons. The molecule has 4 saturated heterocycles. The van der Waals surface area contributed by atoms with Gasteiger partial charge in [-0.3, -0.25) is 19.4 Å². The van der Waals surface area contributed by atoms with E-state index in [1.165, 1.54) is 25.7 Å². The lowest BCUT2D eigenvalue weighted by molar-refractivity contribution is -0.304. The summed E-state index contributed by atoms with van der Waals surface area (Å²) in [7, 11) is 0. The molecular weight excluding hydrogens is 1350 g/mol. The van der Waals surface area contributed by atoms with Gasteiger partial charge in [-0.25, -0.2) is 0 Å². The molecule has 0 amide bonds. The van der Waals surface area contributed by atoms with Crippen molar-refractivity contribution in [3.05, 3.63) is 213 Å². The van der Waals surface area contributed by atoms with E-state index in [-0.39, 0.29) is 88.5 Å². The maximum atomic E-state index is 10.7. The third-order valence-corrected chi connectivity index (χ3v) is 23.0. The van der Waals surface area contributed by atoms with Gasteiger partial charge in [-0.15, -0.1) is 0 Å². The van der Waals surface area contributed by atoms with Crippen molar-refractivity contribution < 1.29 is 52.9 Å². The average molecular weight is 1480 g/mol. The molecule has 0 saturated carbocycles. The maximum absolute atomic E-state index is 10.7. The molecular formula is C93H128N4O11. The molecule has 0 aromatic heterocycles. The van der Waals surface area contributed by atoms with Crippen molar-refractivity contribution in [2.45, 2.75) is 331 Å². The average Bonchev–Trinajstić information content (AvgIpc) is 0.793. The number of aliphatic hydroxyl groups excluding tert-OH is 1. The number of hydroxylamine groups is 8. The van der Waals surface area contributed by atoms with Crippen molar-refractivity contribution in [1.82, 2.24) is 20.3 Å². The molecule has 0 aliphatic carbocycles. The van der Waals surface area contributed by atoms with Gasteiger partial charge in [0, 0.05) is 62.5 Å². The fourth-order valence-corrected chi connectivity index (χ4v) is 17.1. The zero-order valence-electron chi connectivity index (χ0n) is 69.0. The Morgan fingerprint density at radius 2 is 0.417 bits per heavy atom. The first-order valence-corrected chi connectivity index (χ1v) is 40.0. The molecule has 4 atom stereocenters. The van der Waals surface area contributed by atoms with Gasteiger partial charge in [0.2, 0.25) is 0 Å². The van der Waals surface area contributed by atoms with Crippen molar-refractivity contribution in [2.75, 3.05) is 0 Å². The number of nitrogens with zero attached hydrogens (tertiary/aromatic N) is 4. The molecule has 4 aliphatic heterocycles. The normalized spacial score (nSPS) is 20.7. The van der Waals surface area contributed by atoms with Crippen LogP contribution in [0, 0.1) is 0 Å². The second kappa shape index (κ2) is 33.9. The summed E-state index contributed by atoms with van der Waals surface area (Å²) in [5.74, 6) is 3.61. The smallest absolute Gasteiger partial charge is 0.123 e. The zero-order chi connectivity index (χ0) is 77.6. The molecule has 4 heterocycles. The van der Waals surface area contributed by atoms with Gasteiger partial charge in [-0.2, -0.15) is 20.3 Å². The zero-order valence-corrected chi connectivity index (χ0v) is 69.0. The van der Waals surface area contributed by atoms with Gasteiger partial charge in [0.1, 0.15) is 98.6 Å². The van der Waals surface area contributed by atoms with Crippen molar-refractivity contribution in [3.63, 3.8) is 0 Å². The predicted octanol–water partition coefficient (Wildman–Crippen LogP) is 22.8. The van der Waals surface area contributed by atoms with Crippen molar-refractivity contribution in [2.24, 2.45) is 0 Å². The van der Waals surface area contributed by atoms with Crippen LogP contribution in [0.2, 0.25) is 0 Å². The Morgan fingerprint density at radius 1 is 0.250 bits per heavy atom. The summed E-state index contributed by atoms with van der Waals surface area (Å²) in [5, 5.41) is 19.6. The Hall–Kier alpha value is -7.02. The summed E-state index contributed by atoms with van der Waals surface area (Å²) >= 11 is 0. The molecule has 7 aromatic carbocycles. The molecule has 4 aliphatic rings. The Kier molecular flexibility index (Phi) is 25.7. The number of hydrogen-bond donors (Lipinski definition) is 1. The van der Waals surface area contributed by atoms with E-state index in [9.17, 15) is 5.11 Å². The van der Waals surface area contributed by atoms with Crippen LogP contribution in [-0.4, -0.2) is 69.7 Å². The first kappa shape index (κ1) is 82.0. The van der Waals surface area contributed by atoms with Crippen LogP contribution in [0.3, 0.4) is 0 Å². The standard InChI is InChI=1S/C93H128N4O11/c1-65(105-94-86(5,6)41-21-42-87(94,7)8)76-33-25-69(26-34-76)59-99-82-51-74(52-83(56-82)100-60-70-27-35-77(36-28-70)66(2)106-95-88(9,10)43-22-44-89(95,11)12)63-103-80-49-73(58-98)50-81(55-80)104-64-75-53-84(101-61-71-29-37-78(38-30-71)67(3)107-96-90(13,14)45-23-46-91(96,15)16)57-85(54-75)102-62-72-31-39-79(40-32-72)68(4)108-97-92(17,18)47-24-48-93(97,19)20/h25-40,49-57,65-68,98H,21-24,41-48,58-64H2,1-20H3. The van der Waals surface area contributed by atoms with Crippen molar-refractivity contribution in [1.29, 1.82) is 0 Å². The summed E-state index contributed by atoms with van der Waals surface area (Å²) in [6.45, 7) is 46.4. The Morgan fingerprint density at radius 3 is 0.593 bits per heavy atom. The van der Waals surface area contributed by atoms with Crippen LogP contribution in [-0.2, 0) is 65.6 Å². The summed E-state index contributed by atoms with van der Waals surface area (Å²) in [6.07, 6.45) is 13.0. The number of benzene rings is 7. The van der Waals surface area contributed by atoms with Crippen LogP contribution in [0.5, 0.6) is 34.5 Å². The molecule has 7 aromatic rings. The second-order valence-electron chi connectivity index (χ2n) is 36.4. The number of hydrogen-bond acceptors (Lipinski definition) is 15. The molecule has 0 bridgehead atoms. The minimum absolute atomic E-state index is 0.0635. The molecule has 11 rings (SSSR count). The number of ether oxygens (including phenoxy) is 6. The second-order valence-corrected chi connectivity index (χ2v) is 36.4. The summed E-state index contributed by atoms with van der Waals surface area (Å²) in [5.41, 5.74) is 10.3. The van der Waals surface area contributed by atoms with E-state index in [0.29, 0.717) is 66.5 Å². The van der Waals surface area contributed by atoms with E-state index in [2.05, 4.69) is 256 Å². The summed E-state index contributed by atoms with van der Waals surface area (Å²) in [6, 6.07) is 51.4. The molecule has 586 valence electrons. The van der Waals surface area contributed by atoms with Gasteiger partial charge in [0.15, 0.2) is 0 Å². The van der Waals surface area contributed by atoms with E-state index >= 15 is 0 Å². The summed E-state index contributed by atoms with van der Waals surface area (Å²) in [4.78, 5) is 27.0. The lowest BCUT2D eigenvalue weighted by Gasteiger charge is -2.52. The van der Waals surface area contributed by atoms with Gasteiger partial charge in [-0.1, -0.05) is 97.1 Å². The van der Waals surface area contributed by atoms with E-state index in [0.717, 1.165) is 107 Å². The number of piperidine rings is 4. The van der Waals surface area contributed by atoms with Crippen LogP contribution >= 0.6 is 0 Å². The first-order valence-electron chi connectivity index (χ1n) is 40.0. The minimum atomic E-state index is -0.219. The van der Waals surface area contributed by atoms with Crippen molar-refractivity contribution >= 4 is 0 Å². The van der Waals surface area contributed by atoms with E-state index < -0.39 is 0 Å². The van der Waals surface area contributed by atoms with Crippen LogP contribution in [0.4, 0.5) is 0 Å². The highest BCUT2D eigenvalue weighted by atomic mass is 16.7. The van der Waals surface area contributed by atoms with Crippen LogP contribution in [0.15, 0.2) is 152 Å². The van der Waals surface area contributed by atoms with Crippen LogP contribution in [0.1, 0.15) is 301 Å². The third kappa shape index (κ3) is 20.9. The fourth-order valence-electron chi connectivity index (χ4n) is 17.1. The van der Waals surface area contributed by atoms with Crippen molar-refractivity contribution in [3.8, 4) is 34.5 Å². The van der Waals surface area contributed by atoms with E-state index in [4.69, 9.17) is 47.8 Å². The topological polar surface area (TPSA) is 125 Å². The monoisotopic (exact) mass is 1480 g/mol. The Balaban J connectivity index is 0.787. The number of rotatable bonds is 31. The number of aliphatic hydroxyl groups is 1. The highest BCUT2D eigenvalue weighted by molar-refractivity contribution is 5.43. The van der Waals surface area contributed by atoms with Gasteiger partial charge in [0.05, 0.1) is 6.61 Å². The molecule has 4 unspecified atom stereocenters. The van der Waals surface area contributed by atoms with Crippen LogP contribution in [0.25, 0.3) is 0 Å². The fraction of sp³-hybridized carbons (Fsp3) is 0.548. The highest BCUT2D eigenvalue weighted by Crippen LogP contribution is 2.46. The minimum Gasteiger partial charge on any atom is -0.489 e. The maximum Gasteiger partial charge on any atom is 0.123 e. The first-order chi connectivity index (χ1) is 50.9. The largest absolute Gasteiger partial charge is 0.489 e. The Labute approximate surface area is 647 Å².